The molecule has 10 N–H and O–H groups in total. The van der Waals surface area contributed by atoms with Gasteiger partial charge >= 0.3 is 0 Å². The van der Waals surface area contributed by atoms with Crippen LogP contribution in [0.1, 0.15) is 64.2 Å². The highest BCUT2D eigenvalue weighted by Crippen LogP contribution is 2.29. The van der Waals surface area contributed by atoms with E-state index in [1.165, 1.54) is 0 Å². The van der Waals surface area contributed by atoms with Crippen molar-refractivity contribution in [3.63, 3.8) is 0 Å². The fourth-order valence-electron chi connectivity index (χ4n) is 3.53. The second-order valence-electron chi connectivity index (χ2n) is 7.43. The van der Waals surface area contributed by atoms with Gasteiger partial charge in [-0.2, -0.15) is 0 Å². The van der Waals surface area contributed by atoms with Crippen molar-refractivity contribution in [2.24, 2.45) is 34.1 Å². The minimum Gasteiger partial charge on any atom is -0.324 e. The molecule has 0 aliphatic rings. The monoisotopic (exact) mass is 413 g/mol. The average Bonchev–Trinajstić information content (AvgIpc) is 2.75. The molecule has 0 saturated heterocycles. The maximum Gasteiger partial charge on any atom is 0.167 e. The van der Waals surface area contributed by atoms with Gasteiger partial charge in [0, 0.05) is 0 Å². The second-order valence-corrected chi connectivity index (χ2v) is 7.43. The van der Waals surface area contributed by atoms with Gasteiger partial charge in [-0.3, -0.25) is 19.2 Å². The van der Waals surface area contributed by atoms with Crippen LogP contribution in [0.3, 0.4) is 0 Å². The fraction of sp³-hybridized carbons (Fsp3) is 0.800. The number of unbranched alkanes of at least 4 members (excludes halogenated alkanes) is 7. The third-order valence-electron chi connectivity index (χ3n) is 5.42. The van der Waals surface area contributed by atoms with Gasteiger partial charge in [0.15, 0.2) is 23.1 Å². The molecule has 0 radical (unpaired) electrons. The van der Waals surface area contributed by atoms with Gasteiger partial charge < -0.3 is 28.7 Å². The number of ketones is 4. The number of rotatable bonds is 19. The molecule has 0 heterocycles. The van der Waals surface area contributed by atoms with Crippen LogP contribution >= 0.6 is 0 Å². The molecule has 0 aliphatic carbocycles. The van der Waals surface area contributed by atoms with Crippen molar-refractivity contribution in [3.05, 3.63) is 0 Å². The second kappa shape index (κ2) is 15.3. The average molecular weight is 414 g/mol. The molecule has 0 aromatic heterocycles. The number of carbonyl (C=O) groups excluding carboxylic acids is 4. The molecule has 29 heavy (non-hydrogen) atoms. The Morgan fingerprint density at radius 1 is 0.586 bits per heavy atom. The first-order valence-electron chi connectivity index (χ1n) is 10.5. The van der Waals surface area contributed by atoms with Crippen molar-refractivity contribution in [3.8, 4) is 0 Å². The van der Waals surface area contributed by atoms with Gasteiger partial charge in [0.2, 0.25) is 0 Å². The quantitative estimate of drug-likeness (QED) is 0.134. The Hall–Kier alpha value is -1.52. The summed E-state index contributed by atoms with van der Waals surface area (Å²) >= 11 is 0. The van der Waals surface area contributed by atoms with Crippen LogP contribution in [0.5, 0.6) is 0 Å². The van der Waals surface area contributed by atoms with Gasteiger partial charge in [0.05, 0.1) is 32.2 Å². The number of hydrogen-bond donors (Lipinski definition) is 5. The van der Waals surface area contributed by atoms with E-state index >= 15 is 0 Å². The van der Waals surface area contributed by atoms with Crippen molar-refractivity contribution in [2.45, 2.75) is 70.3 Å². The summed E-state index contributed by atoms with van der Waals surface area (Å²) in [7, 11) is 0. The van der Waals surface area contributed by atoms with Gasteiger partial charge in [-0.05, 0) is 12.8 Å². The molecule has 0 rings (SSSR count). The summed E-state index contributed by atoms with van der Waals surface area (Å²) in [5.74, 6) is -1.91. The lowest BCUT2D eigenvalue weighted by Gasteiger charge is -2.28. The Kier molecular flexibility index (Phi) is 14.5. The highest BCUT2D eigenvalue weighted by atomic mass is 16.2. The molecule has 1 unspecified atom stereocenters. The SMILES string of the molecule is NCC(=O)C(N)CCCCCCCCCCC(C(=O)CN)(C(=O)CN)C(=O)CN. The summed E-state index contributed by atoms with van der Waals surface area (Å²) in [4.78, 5) is 48.2. The number of carbonyl (C=O) groups is 4. The van der Waals surface area contributed by atoms with E-state index < -0.39 is 48.4 Å². The molecule has 0 aliphatic heterocycles. The van der Waals surface area contributed by atoms with Crippen molar-refractivity contribution >= 4 is 23.1 Å². The van der Waals surface area contributed by atoms with E-state index in [0.717, 1.165) is 44.9 Å². The largest absolute Gasteiger partial charge is 0.324 e. The van der Waals surface area contributed by atoms with Gasteiger partial charge in [0.1, 0.15) is 5.41 Å². The lowest BCUT2D eigenvalue weighted by molar-refractivity contribution is -0.148. The zero-order valence-electron chi connectivity index (χ0n) is 17.5. The van der Waals surface area contributed by atoms with Crippen molar-refractivity contribution < 1.29 is 19.2 Å². The predicted molar refractivity (Wildman–Crippen MR) is 113 cm³/mol. The first-order chi connectivity index (χ1) is 13.8. The molecule has 168 valence electrons. The van der Waals surface area contributed by atoms with E-state index in [2.05, 4.69) is 0 Å². The van der Waals surface area contributed by atoms with E-state index in [-0.39, 0.29) is 18.7 Å². The lowest BCUT2D eigenvalue weighted by Crippen LogP contribution is -2.53. The normalized spacial score (nSPS) is 12.6. The van der Waals surface area contributed by atoms with E-state index in [1.54, 1.807) is 0 Å². The molecule has 0 spiro atoms. The molecule has 9 nitrogen and oxygen atoms in total. The van der Waals surface area contributed by atoms with Crippen molar-refractivity contribution in [1.29, 1.82) is 0 Å². The smallest absolute Gasteiger partial charge is 0.167 e. The van der Waals surface area contributed by atoms with E-state index in [4.69, 9.17) is 28.7 Å². The van der Waals surface area contributed by atoms with Crippen LogP contribution in [0.25, 0.3) is 0 Å². The van der Waals surface area contributed by atoms with E-state index in [1.807, 2.05) is 0 Å². The third-order valence-corrected chi connectivity index (χ3v) is 5.42. The Labute approximate surface area is 173 Å². The molecule has 1 atom stereocenters. The molecule has 0 aromatic carbocycles. The maximum absolute atomic E-state index is 12.3. The van der Waals surface area contributed by atoms with Gasteiger partial charge in [-0.25, -0.2) is 0 Å². The lowest BCUT2D eigenvalue weighted by atomic mass is 9.71. The highest BCUT2D eigenvalue weighted by Gasteiger charge is 2.48. The zero-order valence-corrected chi connectivity index (χ0v) is 17.5. The predicted octanol–water partition coefficient (Wildman–Crippen LogP) is -0.688. The fourth-order valence-corrected chi connectivity index (χ4v) is 3.53. The summed E-state index contributed by atoms with van der Waals surface area (Å²) in [5.41, 5.74) is 25.5. The summed E-state index contributed by atoms with van der Waals surface area (Å²) in [5, 5.41) is 0. The van der Waals surface area contributed by atoms with Gasteiger partial charge in [-0.15, -0.1) is 0 Å². The van der Waals surface area contributed by atoms with Crippen LogP contribution in [0.2, 0.25) is 0 Å². The molecular weight excluding hydrogens is 374 g/mol. The van der Waals surface area contributed by atoms with Crippen LogP contribution in [-0.2, 0) is 19.2 Å². The first-order valence-corrected chi connectivity index (χ1v) is 10.5. The molecule has 9 heteroatoms. The van der Waals surface area contributed by atoms with Gasteiger partial charge in [0.25, 0.3) is 0 Å². The maximum atomic E-state index is 12.3. The highest BCUT2D eigenvalue weighted by molar-refractivity contribution is 6.25. The van der Waals surface area contributed by atoms with Crippen molar-refractivity contribution in [1.82, 2.24) is 0 Å². The molecule has 0 fully saturated rings. The topological polar surface area (TPSA) is 198 Å². The Balaban J connectivity index is 4.22. The van der Waals surface area contributed by atoms with Crippen LogP contribution in [0.4, 0.5) is 0 Å². The molecule has 0 saturated carbocycles. The first kappa shape index (κ1) is 27.5. The molecule has 0 aromatic rings. The summed E-state index contributed by atoms with van der Waals surface area (Å²) in [6, 6.07) is -0.455. The number of hydrogen-bond acceptors (Lipinski definition) is 9. The number of Topliss-reactive ketones (excluding diaryl/α,β-unsaturated/α-hetero) is 4. The van der Waals surface area contributed by atoms with Crippen LogP contribution in [-0.4, -0.2) is 55.4 Å². The van der Waals surface area contributed by atoms with Crippen LogP contribution < -0.4 is 28.7 Å². The Bertz CT molecular complexity index is 498. The Morgan fingerprint density at radius 2 is 0.966 bits per heavy atom. The minimum atomic E-state index is -1.78. The van der Waals surface area contributed by atoms with Crippen LogP contribution in [0.15, 0.2) is 0 Å². The zero-order chi connectivity index (χ0) is 22.3. The van der Waals surface area contributed by atoms with Crippen LogP contribution in [0, 0.1) is 5.41 Å². The number of nitrogens with two attached hydrogens (primary N) is 5. The summed E-state index contributed by atoms with van der Waals surface area (Å²) < 4.78 is 0. The summed E-state index contributed by atoms with van der Waals surface area (Å²) in [6.45, 7) is -1.18. The van der Waals surface area contributed by atoms with E-state index in [0.29, 0.717) is 12.8 Å². The molecule has 0 amide bonds. The molecule has 0 bridgehead atoms. The standard InChI is InChI=1S/C20H39N5O4/c21-11-16(26)15(25)9-7-5-3-1-2-4-6-8-10-20(17(27)12-22,18(28)13-23)19(29)14-24/h15H,1-14,21-25H2. The summed E-state index contributed by atoms with van der Waals surface area (Å²) in [6.07, 6.45) is 8.10. The third kappa shape index (κ3) is 8.79. The van der Waals surface area contributed by atoms with Gasteiger partial charge in [-0.1, -0.05) is 51.4 Å². The minimum absolute atomic E-state index is 0.00686. The Morgan fingerprint density at radius 3 is 1.34 bits per heavy atom. The molecular formula is C20H39N5O4. The van der Waals surface area contributed by atoms with Crippen molar-refractivity contribution in [2.75, 3.05) is 26.2 Å². The van der Waals surface area contributed by atoms with E-state index in [9.17, 15) is 19.2 Å².